The largest absolute Gasteiger partial charge is 0.393 e. The number of halogens is 2. The summed E-state index contributed by atoms with van der Waals surface area (Å²) in [6.07, 6.45) is 3.27. The summed E-state index contributed by atoms with van der Waals surface area (Å²) in [4.78, 5) is 22.3. The molecule has 2 aliphatic rings. The van der Waals surface area contributed by atoms with E-state index in [-0.39, 0.29) is 36.6 Å². The molecule has 0 amide bonds. The fraction of sp³-hybridized carbons (Fsp3) is 0.556. The normalized spacial score (nSPS) is 22.6. The van der Waals surface area contributed by atoms with E-state index in [1.807, 2.05) is 13.0 Å². The molecule has 0 unspecified atom stereocenters. The zero-order valence-corrected chi connectivity index (χ0v) is 21.1. The van der Waals surface area contributed by atoms with Crippen molar-refractivity contribution in [1.82, 2.24) is 14.9 Å². The van der Waals surface area contributed by atoms with Crippen LogP contribution in [0.1, 0.15) is 84.0 Å². The number of aldehydes is 1. The minimum Gasteiger partial charge on any atom is -0.393 e. The van der Waals surface area contributed by atoms with E-state index in [0.717, 1.165) is 0 Å². The molecule has 4 rings (SSSR count). The highest BCUT2D eigenvalue weighted by Gasteiger charge is 2.41. The number of aliphatic hydroxyl groups is 1. The van der Waals surface area contributed by atoms with Crippen molar-refractivity contribution in [1.29, 1.82) is 5.26 Å². The lowest BCUT2D eigenvalue weighted by atomic mass is 9.76. The van der Waals surface area contributed by atoms with Gasteiger partial charge in [0.1, 0.15) is 29.6 Å². The Hall–Kier alpha value is -2.84. The lowest BCUT2D eigenvalue weighted by Crippen LogP contribution is -2.40. The summed E-state index contributed by atoms with van der Waals surface area (Å²) < 4.78 is 43.2. The van der Waals surface area contributed by atoms with E-state index in [0.29, 0.717) is 55.7 Å². The number of ether oxygens (including phenoxy) is 2. The van der Waals surface area contributed by atoms with Crippen LogP contribution in [0.4, 0.5) is 8.78 Å². The molecule has 1 aromatic heterocycles. The molecule has 0 radical (unpaired) electrons. The first kappa shape index (κ1) is 27.2. The van der Waals surface area contributed by atoms with Gasteiger partial charge in [-0.2, -0.15) is 5.26 Å². The van der Waals surface area contributed by atoms with Crippen molar-refractivity contribution in [2.24, 2.45) is 0 Å². The number of benzene rings is 1. The number of carbonyl (C=O) groups excluding carboxylic acids is 1. The van der Waals surface area contributed by atoms with Gasteiger partial charge in [-0.1, -0.05) is 6.92 Å². The number of rotatable bonds is 10. The van der Waals surface area contributed by atoms with Crippen LogP contribution in [0.25, 0.3) is 0 Å². The number of nitriles is 1. The maximum atomic E-state index is 15.9. The Morgan fingerprint density at radius 1 is 1.32 bits per heavy atom. The number of nitrogens with zero attached hydrogens (tertiary/aromatic N) is 4. The highest BCUT2D eigenvalue weighted by atomic mass is 19.1. The average molecular weight is 515 g/mol. The van der Waals surface area contributed by atoms with E-state index in [4.69, 9.17) is 14.7 Å². The molecule has 1 aliphatic carbocycles. The molecule has 37 heavy (non-hydrogen) atoms. The Labute approximate surface area is 215 Å². The van der Waals surface area contributed by atoms with E-state index in [9.17, 15) is 9.90 Å². The summed E-state index contributed by atoms with van der Waals surface area (Å²) in [6, 6.07) is 4.84. The molecule has 1 saturated carbocycles. The molecule has 198 valence electrons. The first-order chi connectivity index (χ1) is 17.8. The van der Waals surface area contributed by atoms with E-state index in [2.05, 4.69) is 9.97 Å². The fourth-order valence-corrected chi connectivity index (χ4v) is 5.20. The second kappa shape index (κ2) is 11.7. The van der Waals surface area contributed by atoms with Crippen LogP contribution in [0.2, 0.25) is 0 Å². The maximum Gasteiger partial charge on any atom is 0.150 e. The number of aromatic nitrogens is 2. The van der Waals surface area contributed by atoms with Crippen LogP contribution in [0.15, 0.2) is 24.5 Å². The van der Waals surface area contributed by atoms with E-state index >= 15 is 8.78 Å². The molecular formula is C27H32F2N4O4. The standard InChI is InChI=1S/C27H32F2N4O4/c1-3-22(27(29)4-6-36-7-5-27)18-8-19(16-34)25(23(28)9-18)26(37-21-10-20(35)11-21)33(2)15-24-31-13-17(12-30)14-32-24/h8-9,13-14,16,20-22,26,35H,3-7,10-11,15H2,1-2H3/t20?,21?,22-,26-/m1/s1. The number of carbonyl (C=O) groups is 1. The van der Waals surface area contributed by atoms with Crippen LogP contribution < -0.4 is 0 Å². The topological polar surface area (TPSA) is 109 Å². The maximum absolute atomic E-state index is 15.9. The summed E-state index contributed by atoms with van der Waals surface area (Å²) in [7, 11) is 1.69. The van der Waals surface area contributed by atoms with Crippen molar-refractivity contribution in [3.8, 4) is 6.07 Å². The minimum atomic E-state index is -1.54. The predicted octanol–water partition coefficient (Wildman–Crippen LogP) is 3.98. The van der Waals surface area contributed by atoms with Gasteiger partial charge in [0.25, 0.3) is 0 Å². The molecule has 2 fully saturated rings. The molecule has 1 aromatic carbocycles. The molecule has 10 heteroatoms. The zero-order chi connectivity index (χ0) is 26.6. The van der Waals surface area contributed by atoms with Crippen LogP contribution in [0.3, 0.4) is 0 Å². The third-order valence-corrected chi connectivity index (χ3v) is 7.33. The average Bonchev–Trinajstić information content (AvgIpc) is 2.87. The van der Waals surface area contributed by atoms with Gasteiger partial charge in [-0.25, -0.2) is 18.7 Å². The Balaban J connectivity index is 1.67. The smallest absolute Gasteiger partial charge is 0.150 e. The van der Waals surface area contributed by atoms with Crippen molar-refractivity contribution in [2.75, 3.05) is 20.3 Å². The van der Waals surface area contributed by atoms with Crippen molar-refractivity contribution in [3.05, 3.63) is 58.4 Å². The third kappa shape index (κ3) is 6.02. The molecule has 8 nitrogen and oxygen atoms in total. The van der Waals surface area contributed by atoms with E-state index in [1.165, 1.54) is 18.5 Å². The molecule has 1 saturated heterocycles. The monoisotopic (exact) mass is 514 g/mol. The Bertz CT molecular complexity index is 1130. The Morgan fingerprint density at radius 3 is 2.57 bits per heavy atom. The van der Waals surface area contributed by atoms with Crippen LogP contribution in [-0.4, -0.2) is 64.4 Å². The number of hydrogen-bond donors (Lipinski definition) is 1. The molecule has 2 aromatic rings. The van der Waals surface area contributed by atoms with Crippen LogP contribution >= 0.6 is 0 Å². The van der Waals surface area contributed by atoms with Gasteiger partial charge in [0.2, 0.25) is 0 Å². The number of hydrogen-bond acceptors (Lipinski definition) is 8. The van der Waals surface area contributed by atoms with Gasteiger partial charge in [0.15, 0.2) is 6.29 Å². The van der Waals surface area contributed by atoms with E-state index in [1.54, 1.807) is 18.0 Å². The van der Waals surface area contributed by atoms with Crippen LogP contribution in [-0.2, 0) is 16.0 Å². The summed E-state index contributed by atoms with van der Waals surface area (Å²) in [5.41, 5.74) is -0.657. The van der Waals surface area contributed by atoms with Gasteiger partial charge in [-0.05, 0) is 44.0 Å². The lowest BCUT2D eigenvalue weighted by molar-refractivity contribution is -0.154. The van der Waals surface area contributed by atoms with Gasteiger partial charge in [-0.15, -0.1) is 0 Å². The molecular weight excluding hydrogens is 482 g/mol. The van der Waals surface area contributed by atoms with Gasteiger partial charge < -0.3 is 14.6 Å². The number of aliphatic hydroxyl groups excluding tert-OH is 1. The Morgan fingerprint density at radius 2 is 2.00 bits per heavy atom. The van der Waals surface area contributed by atoms with Crippen molar-refractivity contribution in [3.63, 3.8) is 0 Å². The molecule has 2 heterocycles. The SMILES string of the molecule is CC[C@H](c1cc(F)c([C@@H](OC2CC(O)C2)N(C)Cc2ncc(C#N)cn2)c(C=O)c1)C1(F)CCOCC1. The van der Waals surface area contributed by atoms with Gasteiger partial charge >= 0.3 is 0 Å². The highest BCUT2D eigenvalue weighted by Crippen LogP contribution is 2.43. The first-order valence-electron chi connectivity index (χ1n) is 12.6. The lowest BCUT2D eigenvalue weighted by Gasteiger charge is -2.39. The molecule has 0 bridgehead atoms. The van der Waals surface area contributed by atoms with Crippen LogP contribution in [0, 0.1) is 17.1 Å². The van der Waals surface area contributed by atoms with Gasteiger partial charge in [0.05, 0.1) is 24.3 Å². The van der Waals surface area contributed by atoms with E-state index < -0.39 is 29.7 Å². The zero-order valence-electron chi connectivity index (χ0n) is 21.1. The predicted molar refractivity (Wildman–Crippen MR) is 130 cm³/mol. The summed E-state index contributed by atoms with van der Waals surface area (Å²) in [5.74, 6) is -0.853. The van der Waals surface area contributed by atoms with Crippen molar-refractivity contribution >= 4 is 6.29 Å². The second-order valence-corrected chi connectivity index (χ2v) is 9.88. The first-order valence-corrected chi connectivity index (χ1v) is 12.6. The van der Waals surface area contributed by atoms with Gasteiger partial charge in [0, 0.05) is 55.5 Å². The quantitative estimate of drug-likeness (QED) is 0.375. The molecule has 0 spiro atoms. The summed E-state index contributed by atoms with van der Waals surface area (Å²) in [6.45, 7) is 2.61. The third-order valence-electron chi connectivity index (χ3n) is 7.33. The molecule has 1 aliphatic heterocycles. The van der Waals surface area contributed by atoms with Gasteiger partial charge in [-0.3, -0.25) is 9.69 Å². The molecule has 1 N–H and O–H groups in total. The van der Waals surface area contributed by atoms with Crippen LogP contribution in [0.5, 0.6) is 0 Å². The number of alkyl halides is 1. The molecule has 2 atom stereocenters. The second-order valence-electron chi connectivity index (χ2n) is 9.88. The van der Waals surface area contributed by atoms with Crippen molar-refractivity contribution in [2.45, 2.75) is 75.6 Å². The summed E-state index contributed by atoms with van der Waals surface area (Å²) in [5, 5.41) is 18.7. The summed E-state index contributed by atoms with van der Waals surface area (Å²) >= 11 is 0. The highest BCUT2D eigenvalue weighted by molar-refractivity contribution is 5.78. The fourth-order valence-electron chi connectivity index (χ4n) is 5.20. The minimum absolute atomic E-state index is 0.0472. The Kier molecular flexibility index (Phi) is 8.60. The van der Waals surface area contributed by atoms with Crippen molar-refractivity contribution < 1.29 is 28.2 Å².